The van der Waals surface area contributed by atoms with Crippen molar-refractivity contribution in [2.24, 2.45) is 0 Å². The SMILES string of the molecule is O=C(NCc1ccoc1)c1cnn(-c2ccc(=O)[nH]n2)c1C(F)(F)F. The van der Waals surface area contributed by atoms with Crippen molar-refractivity contribution in [2.45, 2.75) is 12.7 Å². The van der Waals surface area contributed by atoms with Gasteiger partial charge in [0, 0.05) is 18.2 Å². The van der Waals surface area contributed by atoms with Crippen LogP contribution in [-0.2, 0) is 12.7 Å². The molecule has 0 spiro atoms. The Bertz CT molecular complexity index is 923. The molecule has 0 aliphatic carbocycles. The van der Waals surface area contributed by atoms with Crippen LogP contribution < -0.4 is 10.9 Å². The number of hydrogen-bond donors (Lipinski definition) is 2. The van der Waals surface area contributed by atoms with Gasteiger partial charge in [-0.2, -0.15) is 23.4 Å². The van der Waals surface area contributed by atoms with E-state index in [1.54, 1.807) is 6.07 Å². The Kier molecular flexibility index (Phi) is 4.13. The Labute approximate surface area is 137 Å². The van der Waals surface area contributed by atoms with Crippen LogP contribution in [0, 0.1) is 0 Å². The number of amides is 1. The molecule has 25 heavy (non-hydrogen) atoms. The molecule has 0 aliphatic rings. The minimum absolute atomic E-state index is 0.00524. The summed E-state index contributed by atoms with van der Waals surface area (Å²) in [7, 11) is 0. The molecule has 2 N–H and O–H groups in total. The molecule has 130 valence electrons. The number of H-pyrrole nitrogens is 1. The van der Waals surface area contributed by atoms with E-state index in [1.807, 2.05) is 5.10 Å². The lowest BCUT2D eigenvalue weighted by Crippen LogP contribution is -2.26. The van der Waals surface area contributed by atoms with Crippen molar-refractivity contribution in [2.75, 3.05) is 0 Å². The van der Waals surface area contributed by atoms with E-state index in [-0.39, 0.29) is 12.4 Å². The molecule has 0 saturated carbocycles. The molecular weight excluding hydrogens is 343 g/mol. The molecule has 0 aliphatic heterocycles. The average molecular weight is 353 g/mol. The standard InChI is InChI=1S/C14H10F3N5O3/c15-14(16,17)12-9(13(24)18-5-8-3-4-25-7-8)6-19-22(12)10-1-2-11(23)21-20-10/h1-4,6-7H,5H2,(H,18,24)(H,21,23). The monoisotopic (exact) mass is 353 g/mol. The number of hydrogen-bond acceptors (Lipinski definition) is 5. The fourth-order valence-electron chi connectivity index (χ4n) is 2.09. The molecule has 0 atom stereocenters. The van der Waals surface area contributed by atoms with Crippen LogP contribution in [0.3, 0.4) is 0 Å². The van der Waals surface area contributed by atoms with E-state index in [0.29, 0.717) is 10.2 Å². The van der Waals surface area contributed by atoms with Gasteiger partial charge in [-0.1, -0.05) is 0 Å². The van der Waals surface area contributed by atoms with E-state index in [9.17, 15) is 22.8 Å². The number of aromatic nitrogens is 4. The lowest BCUT2D eigenvalue weighted by atomic mass is 10.2. The second-order valence-electron chi connectivity index (χ2n) is 4.91. The van der Waals surface area contributed by atoms with Gasteiger partial charge in [0.25, 0.3) is 11.5 Å². The maximum Gasteiger partial charge on any atom is 0.434 e. The molecule has 3 rings (SSSR count). The maximum absolute atomic E-state index is 13.4. The van der Waals surface area contributed by atoms with Gasteiger partial charge < -0.3 is 9.73 Å². The highest BCUT2D eigenvalue weighted by atomic mass is 19.4. The second-order valence-corrected chi connectivity index (χ2v) is 4.91. The number of alkyl halides is 3. The van der Waals surface area contributed by atoms with Gasteiger partial charge in [-0.05, 0) is 12.1 Å². The first kappa shape index (κ1) is 16.5. The molecule has 3 heterocycles. The van der Waals surface area contributed by atoms with Gasteiger partial charge in [-0.3, -0.25) is 9.59 Å². The third-order valence-corrected chi connectivity index (χ3v) is 3.20. The average Bonchev–Trinajstić information content (AvgIpc) is 3.22. The summed E-state index contributed by atoms with van der Waals surface area (Å²) >= 11 is 0. The predicted octanol–water partition coefficient (Wildman–Crippen LogP) is 1.50. The van der Waals surface area contributed by atoms with Crippen molar-refractivity contribution >= 4 is 5.91 Å². The van der Waals surface area contributed by atoms with Gasteiger partial charge in [0.15, 0.2) is 11.5 Å². The van der Waals surface area contributed by atoms with Crippen LogP contribution >= 0.6 is 0 Å². The van der Waals surface area contributed by atoms with Crippen LogP contribution in [0.4, 0.5) is 13.2 Å². The molecule has 0 fully saturated rings. The summed E-state index contributed by atoms with van der Waals surface area (Å²) in [5, 5.41) is 11.5. The molecule has 8 nitrogen and oxygen atoms in total. The van der Waals surface area contributed by atoms with Gasteiger partial charge in [0.05, 0.1) is 24.3 Å². The number of carbonyl (C=O) groups excluding carboxylic acids is 1. The van der Waals surface area contributed by atoms with E-state index >= 15 is 0 Å². The van der Waals surface area contributed by atoms with Gasteiger partial charge in [0.1, 0.15) is 0 Å². The normalized spacial score (nSPS) is 11.5. The fraction of sp³-hybridized carbons (Fsp3) is 0.143. The van der Waals surface area contributed by atoms with Gasteiger partial charge in [-0.25, -0.2) is 9.78 Å². The lowest BCUT2D eigenvalue weighted by Gasteiger charge is -2.11. The van der Waals surface area contributed by atoms with E-state index in [4.69, 9.17) is 4.42 Å². The first-order valence-corrected chi connectivity index (χ1v) is 6.87. The fourth-order valence-corrected chi connectivity index (χ4v) is 2.09. The van der Waals surface area contributed by atoms with Crippen LogP contribution in [0.5, 0.6) is 0 Å². The van der Waals surface area contributed by atoms with Crippen LogP contribution in [0.2, 0.25) is 0 Å². The first-order chi connectivity index (χ1) is 11.9. The number of halogens is 3. The molecule has 3 aromatic heterocycles. The summed E-state index contributed by atoms with van der Waals surface area (Å²) in [5.74, 6) is -1.23. The van der Waals surface area contributed by atoms with Crippen LogP contribution in [0.25, 0.3) is 5.82 Å². The minimum atomic E-state index is -4.86. The molecule has 1 amide bonds. The number of furan rings is 1. The summed E-state index contributed by atoms with van der Waals surface area (Å²) in [6, 6.07) is 3.63. The third kappa shape index (κ3) is 3.44. The van der Waals surface area contributed by atoms with Crippen molar-refractivity contribution in [1.29, 1.82) is 0 Å². The second kappa shape index (κ2) is 6.26. The molecule has 0 unspecified atom stereocenters. The number of rotatable bonds is 4. The molecule has 3 aromatic rings. The van der Waals surface area contributed by atoms with Gasteiger partial charge >= 0.3 is 6.18 Å². The summed E-state index contributed by atoms with van der Waals surface area (Å²) in [4.78, 5) is 23.1. The third-order valence-electron chi connectivity index (χ3n) is 3.20. The highest BCUT2D eigenvalue weighted by Gasteiger charge is 2.40. The van der Waals surface area contributed by atoms with Gasteiger partial charge in [-0.15, -0.1) is 0 Å². The van der Waals surface area contributed by atoms with Crippen molar-refractivity contribution in [3.8, 4) is 5.82 Å². The van der Waals surface area contributed by atoms with Crippen LogP contribution in [0.15, 0.2) is 46.1 Å². The van der Waals surface area contributed by atoms with Crippen LogP contribution in [0.1, 0.15) is 21.6 Å². The van der Waals surface area contributed by atoms with Crippen molar-refractivity contribution in [3.63, 3.8) is 0 Å². The summed E-state index contributed by atoms with van der Waals surface area (Å²) in [5.41, 5.74) is -1.94. The Morgan fingerprint density at radius 3 is 2.72 bits per heavy atom. The quantitative estimate of drug-likeness (QED) is 0.739. The Balaban J connectivity index is 1.95. The molecule has 0 bridgehead atoms. The zero-order valence-electron chi connectivity index (χ0n) is 12.4. The number of aromatic amines is 1. The predicted molar refractivity (Wildman–Crippen MR) is 76.9 cm³/mol. The smallest absolute Gasteiger partial charge is 0.434 e. The van der Waals surface area contributed by atoms with Crippen molar-refractivity contribution < 1.29 is 22.4 Å². The molecular formula is C14H10F3N5O3. The Morgan fingerprint density at radius 2 is 2.12 bits per heavy atom. The van der Waals surface area contributed by atoms with E-state index in [0.717, 1.165) is 18.3 Å². The van der Waals surface area contributed by atoms with Crippen LogP contribution in [-0.4, -0.2) is 25.9 Å². The van der Waals surface area contributed by atoms with E-state index < -0.39 is 28.9 Å². The lowest BCUT2D eigenvalue weighted by molar-refractivity contribution is -0.143. The highest BCUT2D eigenvalue weighted by Crippen LogP contribution is 2.33. The Morgan fingerprint density at radius 1 is 1.32 bits per heavy atom. The minimum Gasteiger partial charge on any atom is -0.472 e. The number of nitrogens with one attached hydrogen (secondary N) is 2. The zero-order valence-corrected chi connectivity index (χ0v) is 12.4. The molecule has 0 radical (unpaired) electrons. The zero-order chi connectivity index (χ0) is 18.0. The summed E-state index contributed by atoms with van der Waals surface area (Å²) < 4.78 is 45.5. The number of carbonyl (C=O) groups is 1. The maximum atomic E-state index is 13.4. The van der Waals surface area contributed by atoms with E-state index in [1.165, 1.54) is 12.5 Å². The first-order valence-electron chi connectivity index (χ1n) is 6.87. The summed E-state index contributed by atoms with van der Waals surface area (Å²) in [6.45, 7) is -0.00524. The van der Waals surface area contributed by atoms with E-state index in [2.05, 4.69) is 15.5 Å². The molecule has 0 aromatic carbocycles. The highest BCUT2D eigenvalue weighted by molar-refractivity contribution is 5.95. The molecule has 0 saturated heterocycles. The van der Waals surface area contributed by atoms with Crippen molar-refractivity contribution in [3.05, 3.63) is 64.1 Å². The molecule has 11 heteroatoms. The van der Waals surface area contributed by atoms with Crippen molar-refractivity contribution in [1.82, 2.24) is 25.3 Å². The largest absolute Gasteiger partial charge is 0.472 e. The number of nitrogens with zero attached hydrogens (tertiary/aromatic N) is 3. The van der Waals surface area contributed by atoms with Gasteiger partial charge in [0.2, 0.25) is 0 Å². The topological polar surface area (TPSA) is 106 Å². The summed E-state index contributed by atoms with van der Waals surface area (Å²) in [6.07, 6.45) is -1.34. The Hall–Kier alpha value is -3.37.